The van der Waals surface area contributed by atoms with E-state index in [0.29, 0.717) is 6.42 Å². The number of hydrogen-bond donors (Lipinski definition) is 2. The normalized spacial score (nSPS) is 39.8. The quantitative estimate of drug-likeness (QED) is 0.692. The smallest absolute Gasteiger partial charge is 0.226 e. The first-order valence-corrected chi connectivity index (χ1v) is 5.09. The van der Waals surface area contributed by atoms with Crippen LogP contribution in [0.15, 0.2) is 0 Å². The molecule has 0 aromatic heterocycles. The van der Waals surface area contributed by atoms with E-state index in [2.05, 4.69) is 5.32 Å². The molecule has 0 spiro atoms. The molecule has 0 bridgehead atoms. The number of carbonyl (C=O) groups excluding carboxylic acids is 1. The average molecular weight is 224 g/mol. The van der Waals surface area contributed by atoms with Crippen molar-refractivity contribution in [3.63, 3.8) is 0 Å². The molecule has 0 radical (unpaired) electrons. The van der Waals surface area contributed by atoms with Gasteiger partial charge >= 0.3 is 0 Å². The second kappa shape index (κ2) is 3.01. The molecule has 2 aliphatic rings. The van der Waals surface area contributed by atoms with Crippen LogP contribution in [0.5, 0.6) is 0 Å². The summed E-state index contributed by atoms with van der Waals surface area (Å²) in [6.45, 7) is 0.141. The number of aliphatic hydroxyl groups is 1. The van der Waals surface area contributed by atoms with E-state index in [1.807, 2.05) is 0 Å². The molecule has 0 aromatic carbocycles. The first-order valence-electron chi connectivity index (χ1n) is 4.33. The van der Waals surface area contributed by atoms with Gasteiger partial charge in [0, 0.05) is 18.6 Å². The minimum Gasteiger partial charge on any atom is -0.396 e. The Bertz CT molecular complexity index is 244. The van der Waals surface area contributed by atoms with E-state index in [-0.39, 0.29) is 30.4 Å². The van der Waals surface area contributed by atoms with Crippen molar-refractivity contribution < 1.29 is 9.90 Å². The molecule has 3 nitrogen and oxygen atoms in total. The van der Waals surface area contributed by atoms with E-state index >= 15 is 0 Å². The molecule has 2 fully saturated rings. The SMILES string of the molecule is O=C(N[C@@H]1C[C@H]1CO)C1CC1(Cl)Cl. The van der Waals surface area contributed by atoms with Crippen molar-refractivity contribution in [3.8, 4) is 0 Å². The van der Waals surface area contributed by atoms with E-state index < -0.39 is 4.33 Å². The minimum absolute atomic E-state index is 0.0778. The topological polar surface area (TPSA) is 49.3 Å². The van der Waals surface area contributed by atoms with Crippen LogP contribution in [-0.2, 0) is 4.79 Å². The summed E-state index contributed by atoms with van der Waals surface area (Å²) in [7, 11) is 0. The lowest BCUT2D eigenvalue weighted by atomic mass is 10.3. The van der Waals surface area contributed by atoms with Crippen LogP contribution >= 0.6 is 23.2 Å². The van der Waals surface area contributed by atoms with Crippen molar-refractivity contribution in [1.29, 1.82) is 0 Å². The summed E-state index contributed by atoms with van der Waals surface area (Å²) < 4.78 is -0.840. The molecule has 0 saturated heterocycles. The summed E-state index contributed by atoms with van der Waals surface area (Å²) in [5.74, 6) is -0.0931. The molecule has 74 valence electrons. The third-order valence-electron chi connectivity index (χ3n) is 2.63. The van der Waals surface area contributed by atoms with Crippen LogP contribution in [0.25, 0.3) is 0 Å². The van der Waals surface area contributed by atoms with Crippen molar-refractivity contribution >= 4 is 29.1 Å². The molecule has 1 unspecified atom stereocenters. The zero-order valence-electron chi connectivity index (χ0n) is 6.96. The maximum Gasteiger partial charge on any atom is 0.226 e. The van der Waals surface area contributed by atoms with Gasteiger partial charge < -0.3 is 10.4 Å². The van der Waals surface area contributed by atoms with Gasteiger partial charge in [0.25, 0.3) is 0 Å². The van der Waals surface area contributed by atoms with Crippen LogP contribution in [-0.4, -0.2) is 28.0 Å². The highest BCUT2D eigenvalue weighted by molar-refractivity contribution is 6.52. The molecule has 13 heavy (non-hydrogen) atoms. The number of alkyl halides is 2. The molecule has 2 rings (SSSR count). The van der Waals surface area contributed by atoms with Gasteiger partial charge in [0.15, 0.2) is 0 Å². The largest absolute Gasteiger partial charge is 0.396 e. The van der Waals surface area contributed by atoms with E-state index in [1.54, 1.807) is 0 Å². The van der Waals surface area contributed by atoms with Gasteiger partial charge in [-0.15, -0.1) is 23.2 Å². The summed E-state index contributed by atoms with van der Waals surface area (Å²) in [4.78, 5) is 11.4. The van der Waals surface area contributed by atoms with Crippen molar-refractivity contribution in [2.24, 2.45) is 11.8 Å². The standard InChI is InChI=1S/C8H11Cl2NO2/c9-8(10)2-5(8)7(13)11-6-1-4(6)3-12/h4-6,12H,1-3H2,(H,11,13)/t4-,5?,6+/m0/s1. The molecule has 0 aliphatic heterocycles. The Kier molecular flexibility index (Phi) is 2.21. The van der Waals surface area contributed by atoms with Gasteiger partial charge in [-0.2, -0.15) is 0 Å². The lowest BCUT2D eigenvalue weighted by Gasteiger charge is -2.03. The fourth-order valence-electron chi connectivity index (χ4n) is 1.41. The monoisotopic (exact) mass is 223 g/mol. The minimum atomic E-state index is -0.840. The number of hydrogen-bond acceptors (Lipinski definition) is 2. The maximum atomic E-state index is 11.4. The average Bonchev–Trinajstić information content (AvgIpc) is 2.89. The number of carbonyl (C=O) groups is 1. The van der Waals surface area contributed by atoms with Crippen LogP contribution in [0, 0.1) is 11.8 Å². The van der Waals surface area contributed by atoms with Crippen LogP contribution in [0.3, 0.4) is 0 Å². The number of amides is 1. The van der Waals surface area contributed by atoms with E-state index in [9.17, 15) is 4.79 Å². The fourth-order valence-corrected chi connectivity index (χ4v) is 1.91. The highest BCUT2D eigenvalue weighted by Crippen LogP contribution is 2.53. The zero-order chi connectivity index (χ0) is 9.64. The lowest BCUT2D eigenvalue weighted by molar-refractivity contribution is -0.122. The first-order chi connectivity index (χ1) is 6.04. The van der Waals surface area contributed by atoms with Gasteiger partial charge in [0.1, 0.15) is 4.33 Å². The van der Waals surface area contributed by atoms with Gasteiger partial charge in [-0.1, -0.05) is 0 Å². The first kappa shape index (κ1) is 9.56. The van der Waals surface area contributed by atoms with E-state index in [4.69, 9.17) is 28.3 Å². The predicted octanol–water partition coefficient (Wildman–Crippen LogP) is 0.677. The van der Waals surface area contributed by atoms with Crippen molar-refractivity contribution in [3.05, 3.63) is 0 Å². The highest BCUT2D eigenvalue weighted by atomic mass is 35.5. The van der Waals surface area contributed by atoms with Crippen molar-refractivity contribution in [1.82, 2.24) is 5.32 Å². The zero-order valence-corrected chi connectivity index (χ0v) is 8.48. The van der Waals surface area contributed by atoms with Crippen LogP contribution in [0.1, 0.15) is 12.8 Å². The number of nitrogens with one attached hydrogen (secondary N) is 1. The van der Waals surface area contributed by atoms with Gasteiger partial charge in [-0.3, -0.25) is 4.79 Å². The molecule has 2 saturated carbocycles. The third-order valence-corrected chi connectivity index (χ3v) is 3.46. The van der Waals surface area contributed by atoms with Gasteiger partial charge in [0.2, 0.25) is 5.91 Å². The van der Waals surface area contributed by atoms with Crippen LogP contribution in [0.4, 0.5) is 0 Å². The molecule has 0 heterocycles. The highest BCUT2D eigenvalue weighted by Gasteiger charge is 2.57. The third kappa shape index (κ3) is 1.92. The summed E-state index contributed by atoms with van der Waals surface area (Å²) >= 11 is 11.5. The van der Waals surface area contributed by atoms with Crippen LogP contribution < -0.4 is 5.32 Å². The number of aliphatic hydroxyl groups excluding tert-OH is 1. The van der Waals surface area contributed by atoms with E-state index in [0.717, 1.165) is 6.42 Å². The summed E-state index contributed by atoms with van der Waals surface area (Å²) in [5.41, 5.74) is 0. The maximum absolute atomic E-state index is 11.4. The molecule has 3 atom stereocenters. The Morgan fingerprint density at radius 3 is 2.62 bits per heavy atom. The lowest BCUT2D eigenvalue weighted by Crippen LogP contribution is -2.30. The Labute approximate surface area is 86.4 Å². The molecular weight excluding hydrogens is 213 g/mol. The summed E-state index contributed by atoms with van der Waals surface area (Å²) in [6.07, 6.45) is 1.41. The molecule has 0 aromatic rings. The van der Waals surface area contributed by atoms with Crippen molar-refractivity contribution in [2.75, 3.05) is 6.61 Å². The fraction of sp³-hybridized carbons (Fsp3) is 0.875. The van der Waals surface area contributed by atoms with Gasteiger partial charge in [-0.05, 0) is 12.8 Å². The molecular formula is C8H11Cl2NO2. The Morgan fingerprint density at radius 1 is 1.62 bits per heavy atom. The van der Waals surface area contributed by atoms with Gasteiger partial charge in [0.05, 0.1) is 5.92 Å². The molecule has 2 N–H and O–H groups in total. The molecule has 1 amide bonds. The Balaban J connectivity index is 1.75. The summed E-state index contributed by atoms with van der Waals surface area (Å²) in [5, 5.41) is 11.5. The Morgan fingerprint density at radius 2 is 2.23 bits per heavy atom. The Hall–Kier alpha value is 0.01000. The van der Waals surface area contributed by atoms with Gasteiger partial charge in [-0.25, -0.2) is 0 Å². The number of halogens is 2. The second-order valence-corrected chi connectivity index (χ2v) is 5.35. The summed E-state index contributed by atoms with van der Waals surface area (Å²) in [6, 6.07) is 0.141. The second-order valence-electron chi connectivity index (χ2n) is 3.81. The molecule has 5 heteroatoms. The number of rotatable bonds is 3. The predicted molar refractivity (Wildman–Crippen MR) is 49.7 cm³/mol. The van der Waals surface area contributed by atoms with Crippen LogP contribution in [0.2, 0.25) is 0 Å². The van der Waals surface area contributed by atoms with E-state index in [1.165, 1.54) is 0 Å². The van der Waals surface area contributed by atoms with Crippen molar-refractivity contribution in [2.45, 2.75) is 23.2 Å². The molecule has 2 aliphatic carbocycles.